The monoisotopic (exact) mass is 372 g/mol. The van der Waals surface area contributed by atoms with Gasteiger partial charge in [0.05, 0.1) is 0 Å². The van der Waals surface area contributed by atoms with Gasteiger partial charge in [0.25, 0.3) is 0 Å². The van der Waals surface area contributed by atoms with Gasteiger partial charge >= 0.3 is 0 Å². The van der Waals surface area contributed by atoms with Crippen molar-refractivity contribution in [3.05, 3.63) is 0 Å². The fraction of sp³-hybridized carbons (Fsp3) is 0.920. The number of hydrogen-bond donors (Lipinski definition) is 2. The SMILES string of the molecule is CC#CC1CCC(CCN)CCCC2C(C)C(C)C(CCC3CCCN3)C12. The maximum absolute atomic E-state index is 5.90. The van der Waals surface area contributed by atoms with Crippen LogP contribution in [0.5, 0.6) is 0 Å². The molecule has 8 atom stereocenters. The molecule has 0 bridgehead atoms. The average Bonchev–Trinajstić information content (AvgIpc) is 3.26. The molecule has 3 fully saturated rings. The third kappa shape index (κ3) is 5.10. The molecule has 0 aromatic heterocycles. The van der Waals surface area contributed by atoms with E-state index in [0.717, 1.165) is 48.1 Å². The van der Waals surface area contributed by atoms with Crippen LogP contribution in [0.3, 0.4) is 0 Å². The summed E-state index contributed by atoms with van der Waals surface area (Å²) in [5.41, 5.74) is 5.90. The van der Waals surface area contributed by atoms with Gasteiger partial charge in [-0.3, -0.25) is 0 Å². The summed E-state index contributed by atoms with van der Waals surface area (Å²) in [7, 11) is 0. The third-order valence-electron chi connectivity index (χ3n) is 8.58. The van der Waals surface area contributed by atoms with Crippen molar-refractivity contribution in [3.63, 3.8) is 0 Å². The van der Waals surface area contributed by atoms with Crippen LogP contribution in [0.1, 0.15) is 85.0 Å². The van der Waals surface area contributed by atoms with Gasteiger partial charge in [-0.2, -0.15) is 0 Å². The lowest BCUT2D eigenvalue weighted by atomic mass is 9.73. The Hall–Kier alpha value is -0.520. The standard InChI is InChI=1S/C25H44N2/c1-4-7-21-12-11-20(15-16-26)8-5-10-23-18(2)19(3)24(25(21)23)14-13-22-9-6-17-27-22/h18-25,27H,5-6,8-17,26H2,1-3H3. The van der Waals surface area contributed by atoms with E-state index >= 15 is 0 Å². The Bertz CT molecular complexity index is 498. The first-order chi connectivity index (χ1) is 13.2. The van der Waals surface area contributed by atoms with E-state index in [0.29, 0.717) is 5.92 Å². The molecule has 0 amide bonds. The molecule has 3 aliphatic rings. The molecule has 3 N–H and O–H groups in total. The van der Waals surface area contributed by atoms with E-state index in [4.69, 9.17) is 5.73 Å². The first kappa shape index (κ1) is 21.2. The highest BCUT2D eigenvalue weighted by Gasteiger charge is 2.48. The van der Waals surface area contributed by atoms with Crippen LogP contribution in [-0.4, -0.2) is 19.1 Å². The van der Waals surface area contributed by atoms with Crippen LogP contribution in [0, 0.1) is 53.3 Å². The zero-order chi connectivity index (χ0) is 19.2. The Morgan fingerprint density at radius 3 is 2.48 bits per heavy atom. The first-order valence-corrected chi connectivity index (χ1v) is 12.0. The highest BCUT2D eigenvalue weighted by atomic mass is 14.9. The van der Waals surface area contributed by atoms with Gasteiger partial charge in [0.2, 0.25) is 0 Å². The van der Waals surface area contributed by atoms with E-state index in [-0.39, 0.29) is 0 Å². The molecule has 1 aliphatic heterocycles. The van der Waals surface area contributed by atoms with Crippen molar-refractivity contribution in [1.82, 2.24) is 5.32 Å². The molecular formula is C25H44N2. The first-order valence-electron chi connectivity index (χ1n) is 12.0. The molecule has 2 nitrogen and oxygen atoms in total. The Morgan fingerprint density at radius 1 is 0.926 bits per heavy atom. The molecule has 1 saturated heterocycles. The molecule has 2 aliphatic carbocycles. The Morgan fingerprint density at radius 2 is 1.78 bits per heavy atom. The zero-order valence-corrected chi connectivity index (χ0v) is 18.2. The van der Waals surface area contributed by atoms with Gasteiger partial charge in [-0.05, 0) is 107 Å². The molecule has 3 rings (SSSR count). The topological polar surface area (TPSA) is 38.0 Å². The van der Waals surface area contributed by atoms with E-state index in [2.05, 4.69) is 37.9 Å². The number of rotatable bonds is 5. The minimum absolute atomic E-state index is 0.618. The molecule has 2 heteroatoms. The smallest absolute Gasteiger partial charge is 0.0236 e. The maximum atomic E-state index is 5.90. The summed E-state index contributed by atoms with van der Waals surface area (Å²) in [5.74, 6) is 12.8. The van der Waals surface area contributed by atoms with Crippen LogP contribution < -0.4 is 11.1 Å². The quantitative estimate of drug-likeness (QED) is 0.649. The molecule has 154 valence electrons. The van der Waals surface area contributed by atoms with Gasteiger partial charge in [-0.1, -0.05) is 32.6 Å². The fourth-order valence-corrected chi connectivity index (χ4v) is 6.98. The normalized spacial score (nSPS) is 42.5. The summed E-state index contributed by atoms with van der Waals surface area (Å²) in [5, 5.41) is 3.73. The fourth-order valence-electron chi connectivity index (χ4n) is 6.98. The van der Waals surface area contributed by atoms with Gasteiger partial charge in [0.1, 0.15) is 0 Å². The number of hydrogen-bond acceptors (Lipinski definition) is 2. The van der Waals surface area contributed by atoms with E-state index in [9.17, 15) is 0 Å². The zero-order valence-electron chi connectivity index (χ0n) is 18.2. The van der Waals surface area contributed by atoms with Crippen LogP contribution in [0.25, 0.3) is 0 Å². The van der Waals surface area contributed by atoms with Gasteiger partial charge in [-0.15, -0.1) is 5.92 Å². The molecule has 2 saturated carbocycles. The van der Waals surface area contributed by atoms with Crippen LogP contribution in [0.2, 0.25) is 0 Å². The summed E-state index contributed by atoms with van der Waals surface area (Å²) in [6.07, 6.45) is 13.7. The third-order valence-corrected chi connectivity index (χ3v) is 8.58. The molecular weight excluding hydrogens is 328 g/mol. The number of nitrogens with one attached hydrogen (secondary N) is 1. The molecule has 0 aromatic rings. The molecule has 0 spiro atoms. The van der Waals surface area contributed by atoms with Crippen molar-refractivity contribution >= 4 is 0 Å². The van der Waals surface area contributed by atoms with Crippen LogP contribution in [0.15, 0.2) is 0 Å². The second-order valence-electron chi connectivity index (χ2n) is 9.95. The predicted molar refractivity (Wildman–Crippen MR) is 116 cm³/mol. The lowest BCUT2D eigenvalue weighted by Crippen LogP contribution is -2.28. The highest BCUT2D eigenvalue weighted by Crippen LogP contribution is 2.54. The molecule has 0 aromatic carbocycles. The Balaban J connectivity index is 1.76. The van der Waals surface area contributed by atoms with Crippen LogP contribution in [0.4, 0.5) is 0 Å². The number of fused-ring (bicyclic) bond motifs is 1. The summed E-state index contributed by atoms with van der Waals surface area (Å²) in [4.78, 5) is 0. The van der Waals surface area contributed by atoms with Crippen molar-refractivity contribution in [1.29, 1.82) is 0 Å². The second-order valence-corrected chi connectivity index (χ2v) is 9.95. The van der Waals surface area contributed by atoms with E-state index in [1.165, 1.54) is 70.8 Å². The van der Waals surface area contributed by atoms with Gasteiger partial charge in [-0.25, -0.2) is 0 Å². The average molecular weight is 373 g/mol. The van der Waals surface area contributed by atoms with Crippen LogP contribution >= 0.6 is 0 Å². The summed E-state index contributed by atoms with van der Waals surface area (Å²) >= 11 is 0. The van der Waals surface area contributed by atoms with Crippen molar-refractivity contribution in [2.75, 3.05) is 13.1 Å². The van der Waals surface area contributed by atoms with Crippen molar-refractivity contribution in [2.45, 2.75) is 91.0 Å². The molecule has 8 unspecified atom stereocenters. The minimum Gasteiger partial charge on any atom is -0.330 e. The summed E-state index contributed by atoms with van der Waals surface area (Å²) < 4.78 is 0. The van der Waals surface area contributed by atoms with E-state index < -0.39 is 0 Å². The Labute approximate surface area is 168 Å². The van der Waals surface area contributed by atoms with E-state index in [1.807, 2.05) is 0 Å². The summed E-state index contributed by atoms with van der Waals surface area (Å²) in [6, 6.07) is 0.785. The Kier molecular flexibility index (Phi) is 8.10. The molecule has 1 heterocycles. The van der Waals surface area contributed by atoms with Crippen molar-refractivity contribution < 1.29 is 0 Å². The second kappa shape index (κ2) is 10.3. The predicted octanol–water partition coefficient (Wildman–Crippen LogP) is 5.22. The minimum atomic E-state index is 0.618. The largest absolute Gasteiger partial charge is 0.330 e. The highest BCUT2D eigenvalue weighted by molar-refractivity contribution is 5.09. The molecule has 27 heavy (non-hydrogen) atoms. The van der Waals surface area contributed by atoms with Gasteiger partial charge < -0.3 is 11.1 Å². The van der Waals surface area contributed by atoms with Gasteiger partial charge in [0, 0.05) is 12.0 Å². The number of nitrogens with two attached hydrogens (primary N) is 1. The van der Waals surface area contributed by atoms with Crippen molar-refractivity contribution in [3.8, 4) is 11.8 Å². The lowest BCUT2D eigenvalue weighted by molar-refractivity contribution is 0.195. The maximum Gasteiger partial charge on any atom is 0.0236 e. The molecule has 0 radical (unpaired) electrons. The van der Waals surface area contributed by atoms with Crippen molar-refractivity contribution in [2.24, 2.45) is 47.2 Å². The van der Waals surface area contributed by atoms with Crippen LogP contribution in [-0.2, 0) is 0 Å². The lowest BCUT2D eigenvalue weighted by Gasteiger charge is -2.32. The summed E-state index contributed by atoms with van der Waals surface area (Å²) in [6.45, 7) is 9.26. The van der Waals surface area contributed by atoms with E-state index in [1.54, 1.807) is 0 Å². The van der Waals surface area contributed by atoms with Gasteiger partial charge in [0.15, 0.2) is 0 Å².